The van der Waals surface area contributed by atoms with Gasteiger partial charge in [0.1, 0.15) is 6.66 Å². The highest BCUT2D eigenvalue weighted by molar-refractivity contribution is 7.66. The predicted molar refractivity (Wildman–Crippen MR) is 57.7 cm³/mol. The Balaban J connectivity index is 4.26. The molecule has 15 heavy (non-hydrogen) atoms. The van der Waals surface area contributed by atoms with Gasteiger partial charge in [0.2, 0.25) is 6.16 Å². The molecule has 0 aromatic carbocycles. The van der Waals surface area contributed by atoms with E-state index < -0.39 is 19.7 Å². The van der Waals surface area contributed by atoms with Crippen molar-refractivity contribution in [2.24, 2.45) is 0 Å². The van der Waals surface area contributed by atoms with Gasteiger partial charge in [0.05, 0.1) is 13.2 Å². The molecule has 0 saturated carbocycles. The summed E-state index contributed by atoms with van der Waals surface area (Å²) >= 11 is 0. The minimum Gasteiger partial charge on any atom is -0.390 e. The SMILES string of the molecule is CCO[P+](C)(CC(=O)OC(C)=O)OCC. The summed E-state index contributed by atoms with van der Waals surface area (Å²) in [6.45, 7) is 7.53. The Morgan fingerprint density at radius 1 is 1.13 bits per heavy atom. The molecule has 0 aliphatic heterocycles. The number of carbonyl (C=O) groups excluding carboxylic acids is 2. The van der Waals surface area contributed by atoms with Crippen molar-refractivity contribution >= 4 is 19.7 Å². The van der Waals surface area contributed by atoms with Crippen LogP contribution < -0.4 is 0 Å². The fourth-order valence-corrected chi connectivity index (χ4v) is 2.98. The van der Waals surface area contributed by atoms with Gasteiger partial charge >= 0.3 is 11.9 Å². The van der Waals surface area contributed by atoms with E-state index in [0.717, 1.165) is 0 Å². The molecule has 0 unspecified atom stereocenters. The van der Waals surface area contributed by atoms with Crippen LogP contribution in [-0.2, 0) is 23.4 Å². The molecule has 0 heterocycles. The smallest absolute Gasteiger partial charge is 0.356 e. The lowest BCUT2D eigenvalue weighted by molar-refractivity contribution is -0.156. The van der Waals surface area contributed by atoms with E-state index in [1.165, 1.54) is 6.92 Å². The maximum Gasteiger partial charge on any atom is 0.356 e. The molecule has 0 spiro atoms. The van der Waals surface area contributed by atoms with Crippen LogP contribution in [0.3, 0.4) is 0 Å². The van der Waals surface area contributed by atoms with Crippen molar-refractivity contribution in [1.29, 1.82) is 0 Å². The van der Waals surface area contributed by atoms with Crippen molar-refractivity contribution in [1.82, 2.24) is 0 Å². The van der Waals surface area contributed by atoms with Crippen molar-refractivity contribution in [3.05, 3.63) is 0 Å². The van der Waals surface area contributed by atoms with Crippen LogP contribution in [0, 0.1) is 0 Å². The molecule has 5 nitrogen and oxygen atoms in total. The van der Waals surface area contributed by atoms with E-state index in [2.05, 4.69) is 4.74 Å². The molecule has 0 aromatic heterocycles. The fourth-order valence-electron chi connectivity index (χ4n) is 1.10. The molecule has 0 aliphatic rings. The summed E-state index contributed by atoms with van der Waals surface area (Å²) in [7, 11) is -2.21. The third kappa shape index (κ3) is 6.55. The van der Waals surface area contributed by atoms with Gasteiger partial charge < -0.3 is 4.74 Å². The summed E-state index contributed by atoms with van der Waals surface area (Å²) < 4.78 is 15.2. The molecule has 0 amide bonds. The van der Waals surface area contributed by atoms with Gasteiger partial charge in [-0.1, -0.05) is 0 Å². The van der Waals surface area contributed by atoms with Gasteiger partial charge in [-0.25, -0.2) is 13.8 Å². The van der Waals surface area contributed by atoms with Crippen LogP contribution in [0.15, 0.2) is 0 Å². The third-order valence-corrected chi connectivity index (χ3v) is 3.92. The second-order valence-electron chi connectivity index (χ2n) is 2.97. The molecule has 0 rings (SSSR count). The van der Waals surface area contributed by atoms with Gasteiger partial charge in [0.25, 0.3) is 7.72 Å². The molecule has 0 aromatic rings. The fraction of sp³-hybridized carbons (Fsp3) is 0.778. The molecular formula is C9H18O5P+. The highest BCUT2D eigenvalue weighted by Crippen LogP contribution is 2.57. The molecule has 0 saturated heterocycles. The van der Waals surface area contributed by atoms with Crippen LogP contribution >= 0.6 is 7.72 Å². The van der Waals surface area contributed by atoms with Crippen LogP contribution in [-0.4, -0.2) is 38.0 Å². The zero-order valence-electron chi connectivity index (χ0n) is 9.61. The summed E-state index contributed by atoms with van der Waals surface area (Å²) in [5, 5.41) is 0. The van der Waals surface area contributed by atoms with Gasteiger partial charge in [-0.2, -0.15) is 0 Å². The van der Waals surface area contributed by atoms with Crippen LogP contribution in [0.5, 0.6) is 0 Å². The highest BCUT2D eigenvalue weighted by Gasteiger charge is 2.39. The van der Waals surface area contributed by atoms with E-state index >= 15 is 0 Å². The Bertz CT molecular complexity index is 223. The van der Waals surface area contributed by atoms with Crippen LogP contribution in [0.1, 0.15) is 20.8 Å². The van der Waals surface area contributed by atoms with Crippen LogP contribution in [0.25, 0.3) is 0 Å². The zero-order chi connectivity index (χ0) is 11.9. The molecule has 0 aliphatic carbocycles. The Hall–Kier alpha value is -0.510. The highest BCUT2D eigenvalue weighted by atomic mass is 31.2. The van der Waals surface area contributed by atoms with E-state index in [4.69, 9.17) is 9.05 Å². The lowest BCUT2D eigenvalue weighted by Gasteiger charge is -2.17. The van der Waals surface area contributed by atoms with Crippen molar-refractivity contribution in [2.45, 2.75) is 20.8 Å². The molecule has 6 heteroatoms. The van der Waals surface area contributed by atoms with Gasteiger partial charge in [0.15, 0.2) is 0 Å². The number of hydrogen-bond donors (Lipinski definition) is 0. The minimum atomic E-state index is -2.21. The Labute approximate surface area is 90.6 Å². The predicted octanol–water partition coefficient (Wildman–Crippen LogP) is 1.63. The molecule has 0 atom stereocenters. The van der Waals surface area contributed by atoms with E-state index in [9.17, 15) is 9.59 Å². The molecule has 0 fully saturated rings. The Morgan fingerprint density at radius 2 is 1.60 bits per heavy atom. The number of carbonyl (C=O) groups is 2. The number of hydrogen-bond acceptors (Lipinski definition) is 5. The maximum absolute atomic E-state index is 11.2. The summed E-state index contributed by atoms with van der Waals surface area (Å²) in [4.78, 5) is 21.8. The third-order valence-electron chi connectivity index (χ3n) is 1.48. The monoisotopic (exact) mass is 237 g/mol. The van der Waals surface area contributed by atoms with Crippen LogP contribution in [0.2, 0.25) is 0 Å². The number of rotatable bonds is 6. The summed E-state index contributed by atoms with van der Waals surface area (Å²) in [6, 6.07) is 0. The minimum absolute atomic E-state index is 0.00819. The van der Waals surface area contributed by atoms with E-state index in [1.807, 2.05) is 13.8 Å². The average molecular weight is 237 g/mol. The van der Waals surface area contributed by atoms with Crippen molar-refractivity contribution in [3.63, 3.8) is 0 Å². The second kappa shape index (κ2) is 6.88. The largest absolute Gasteiger partial charge is 0.390 e. The molecule has 0 radical (unpaired) electrons. The van der Waals surface area contributed by atoms with Gasteiger partial charge in [-0.3, -0.25) is 4.79 Å². The first-order valence-corrected chi connectivity index (χ1v) is 7.05. The normalized spacial score (nSPS) is 11.2. The first-order chi connectivity index (χ1) is 6.93. The molecular weight excluding hydrogens is 219 g/mol. The first-order valence-electron chi connectivity index (χ1n) is 4.79. The summed E-state index contributed by atoms with van der Waals surface area (Å²) in [6.07, 6.45) is 0.00819. The lowest BCUT2D eigenvalue weighted by atomic mass is 10.7. The second-order valence-corrected chi connectivity index (χ2v) is 5.83. The van der Waals surface area contributed by atoms with E-state index in [1.54, 1.807) is 6.66 Å². The first kappa shape index (κ1) is 14.5. The standard InChI is InChI=1S/C9H18O5P/c1-5-12-15(4,13-6-2)7-9(11)14-8(3)10/h5-7H2,1-4H3/q+1. The summed E-state index contributed by atoms with van der Waals surface area (Å²) in [5.74, 6) is -1.21. The van der Waals surface area contributed by atoms with Crippen molar-refractivity contribution in [2.75, 3.05) is 26.0 Å². The number of ether oxygens (including phenoxy) is 1. The van der Waals surface area contributed by atoms with Gasteiger partial charge in [0, 0.05) is 6.92 Å². The van der Waals surface area contributed by atoms with Gasteiger partial charge in [-0.15, -0.1) is 0 Å². The topological polar surface area (TPSA) is 61.8 Å². The van der Waals surface area contributed by atoms with Crippen LogP contribution in [0.4, 0.5) is 0 Å². The zero-order valence-corrected chi connectivity index (χ0v) is 10.5. The molecule has 0 bridgehead atoms. The Kier molecular flexibility index (Phi) is 6.65. The average Bonchev–Trinajstić information content (AvgIpc) is 2.01. The Morgan fingerprint density at radius 3 is 1.93 bits per heavy atom. The quantitative estimate of drug-likeness (QED) is 0.399. The van der Waals surface area contributed by atoms with Crippen molar-refractivity contribution in [3.8, 4) is 0 Å². The lowest BCUT2D eigenvalue weighted by Crippen LogP contribution is -2.18. The van der Waals surface area contributed by atoms with Gasteiger partial charge in [-0.05, 0) is 13.8 Å². The number of esters is 2. The summed E-state index contributed by atoms with van der Waals surface area (Å²) in [5.41, 5.74) is 0. The van der Waals surface area contributed by atoms with Crippen molar-refractivity contribution < 1.29 is 23.4 Å². The maximum atomic E-state index is 11.2. The van der Waals surface area contributed by atoms with E-state index in [0.29, 0.717) is 13.2 Å². The molecule has 0 N–H and O–H groups in total. The molecule has 88 valence electrons. The van der Waals surface area contributed by atoms with E-state index in [-0.39, 0.29) is 6.16 Å².